The number of aromatic nitrogens is 2. The van der Waals surface area contributed by atoms with Crippen LogP contribution in [-0.2, 0) is 14.5 Å². The number of benzene rings is 2. The third kappa shape index (κ3) is 5.33. The monoisotopic (exact) mass is 446 g/mol. The summed E-state index contributed by atoms with van der Waals surface area (Å²) in [5, 5.41) is 13.2. The SMILES string of the molecule is Cc1cc(N=S(C)(C)=O)cc2ncnc(Nc3ccc(F)cc3O[C@@](C)(C=O)CO)c12. The van der Waals surface area contributed by atoms with E-state index in [1.54, 1.807) is 24.6 Å². The van der Waals surface area contributed by atoms with Crippen LogP contribution in [0.5, 0.6) is 5.75 Å². The molecule has 0 fully saturated rings. The average molecular weight is 447 g/mol. The highest BCUT2D eigenvalue weighted by Crippen LogP contribution is 2.34. The summed E-state index contributed by atoms with van der Waals surface area (Å²) in [5.41, 5.74) is 0.734. The van der Waals surface area contributed by atoms with Crippen LogP contribution in [0.3, 0.4) is 0 Å². The van der Waals surface area contributed by atoms with Gasteiger partial charge in [-0.25, -0.2) is 18.6 Å². The molecule has 0 aliphatic rings. The third-order valence-electron chi connectivity index (χ3n) is 4.35. The predicted octanol–water partition coefficient (Wildman–Crippen LogP) is 3.51. The van der Waals surface area contributed by atoms with Crippen molar-refractivity contribution in [3.05, 3.63) is 48.0 Å². The van der Waals surface area contributed by atoms with Gasteiger partial charge in [-0.2, -0.15) is 4.36 Å². The minimum Gasteiger partial charge on any atom is -0.475 e. The second-order valence-corrected chi connectivity index (χ2v) is 10.2. The van der Waals surface area contributed by atoms with Gasteiger partial charge in [-0.15, -0.1) is 0 Å². The van der Waals surface area contributed by atoms with Crippen LogP contribution in [0, 0.1) is 12.7 Å². The molecule has 31 heavy (non-hydrogen) atoms. The van der Waals surface area contributed by atoms with Crippen LogP contribution in [0.15, 0.2) is 41.0 Å². The smallest absolute Gasteiger partial charge is 0.184 e. The fraction of sp³-hybridized carbons (Fsp3) is 0.286. The number of nitrogens with one attached hydrogen (secondary N) is 1. The van der Waals surface area contributed by atoms with Crippen LogP contribution in [-0.4, -0.2) is 50.3 Å². The number of rotatable bonds is 7. The Bertz CT molecular complexity index is 1270. The van der Waals surface area contributed by atoms with E-state index in [1.807, 2.05) is 6.92 Å². The molecular formula is C21H23FN4O4S. The molecule has 0 amide bonds. The van der Waals surface area contributed by atoms with Crippen molar-refractivity contribution in [3.8, 4) is 5.75 Å². The van der Waals surface area contributed by atoms with Crippen LogP contribution < -0.4 is 10.1 Å². The predicted molar refractivity (Wildman–Crippen MR) is 118 cm³/mol. The summed E-state index contributed by atoms with van der Waals surface area (Å²) in [5.74, 6) is -0.100. The largest absolute Gasteiger partial charge is 0.475 e. The first-order valence-electron chi connectivity index (χ1n) is 9.29. The molecule has 1 atom stereocenters. The Morgan fingerprint density at radius 2 is 2.03 bits per heavy atom. The van der Waals surface area contributed by atoms with Crippen LogP contribution in [0.25, 0.3) is 10.9 Å². The van der Waals surface area contributed by atoms with Crippen molar-refractivity contribution in [1.29, 1.82) is 0 Å². The van der Waals surface area contributed by atoms with Gasteiger partial charge in [0.25, 0.3) is 0 Å². The van der Waals surface area contributed by atoms with E-state index in [4.69, 9.17) is 4.74 Å². The van der Waals surface area contributed by atoms with Gasteiger partial charge >= 0.3 is 0 Å². The van der Waals surface area contributed by atoms with Crippen LogP contribution in [0.2, 0.25) is 0 Å². The van der Waals surface area contributed by atoms with E-state index in [-0.39, 0.29) is 5.75 Å². The zero-order chi connectivity index (χ0) is 22.8. The van der Waals surface area contributed by atoms with Crippen LogP contribution >= 0.6 is 0 Å². The summed E-state index contributed by atoms with van der Waals surface area (Å²) in [6.45, 7) is 2.66. The number of hydrogen-bond acceptors (Lipinski definition) is 8. The molecule has 1 aromatic heterocycles. The number of aldehydes is 1. The highest BCUT2D eigenvalue weighted by Gasteiger charge is 2.26. The Hall–Kier alpha value is -3.11. The molecule has 3 rings (SSSR count). The number of aryl methyl sites for hydroxylation is 1. The standard InChI is InChI=1S/C21H23FN4O4S/c1-13-7-15(26-31(3,4)29)9-17-19(13)20(24-12-23-17)25-16-6-5-14(22)8-18(16)30-21(2,10-27)11-28/h5-10,12,28H,11H2,1-4H3,(H,23,24,25)/t21-/m0/s1. The van der Waals surface area contributed by atoms with Crippen molar-refractivity contribution in [2.45, 2.75) is 19.4 Å². The Kier molecular flexibility index (Phi) is 6.23. The first kappa shape index (κ1) is 22.6. The van der Waals surface area contributed by atoms with Gasteiger partial charge < -0.3 is 15.2 Å². The lowest BCUT2D eigenvalue weighted by molar-refractivity contribution is -0.123. The molecule has 0 aliphatic heterocycles. The quantitative estimate of drug-likeness (QED) is 0.534. The van der Waals surface area contributed by atoms with Gasteiger partial charge in [-0.1, -0.05) is 0 Å². The number of nitrogens with zero attached hydrogens (tertiary/aromatic N) is 3. The van der Waals surface area contributed by atoms with Gasteiger partial charge in [0, 0.05) is 33.7 Å². The molecule has 3 aromatic rings. The van der Waals surface area contributed by atoms with E-state index in [0.717, 1.165) is 11.6 Å². The Balaban J connectivity index is 2.09. The maximum atomic E-state index is 13.8. The third-order valence-corrected chi connectivity index (χ3v) is 5.00. The van der Waals surface area contributed by atoms with Crippen molar-refractivity contribution in [2.24, 2.45) is 4.36 Å². The molecule has 0 bridgehead atoms. The van der Waals surface area contributed by atoms with Crippen LogP contribution in [0.1, 0.15) is 12.5 Å². The van der Waals surface area contributed by atoms with Crippen molar-refractivity contribution >= 4 is 44.1 Å². The number of fused-ring (bicyclic) bond motifs is 1. The summed E-state index contributed by atoms with van der Waals surface area (Å²) >= 11 is 0. The minimum atomic E-state index is -2.34. The molecule has 0 saturated heterocycles. The molecule has 0 radical (unpaired) electrons. The van der Waals surface area contributed by atoms with E-state index in [9.17, 15) is 18.5 Å². The van der Waals surface area contributed by atoms with Gasteiger partial charge in [0.1, 0.15) is 23.7 Å². The lowest BCUT2D eigenvalue weighted by atomic mass is 10.1. The second-order valence-electron chi connectivity index (χ2n) is 7.61. The molecule has 2 aromatic carbocycles. The summed E-state index contributed by atoms with van der Waals surface area (Å²) in [6.07, 6.45) is 4.91. The summed E-state index contributed by atoms with van der Waals surface area (Å²) in [6, 6.07) is 7.29. The zero-order valence-corrected chi connectivity index (χ0v) is 18.4. The molecule has 164 valence electrons. The minimum absolute atomic E-state index is 0.0383. The summed E-state index contributed by atoms with van der Waals surface area (Å²) in [4.78, 5) is 19.9. The molecule has 0 unspecified atom stereocenters. The van der Waals surface area contributed by atoms with Gasteiger partial charge in [0.2, 0.25) is 0 Å². The van der Waals surface area contributed by atoms with Crippen molar-refractivity contribution < 1.29 is 23.2 Å². The molecule has 8 nitrogen and oxygen atoms in total. The van der Waals surface area contributed by atoms with Crippen molar-refractivity contribution in [1.82, 2.24) is 9.97 Å². The van der Waals surface area contributed by atoms with Gasteiger partial charge in [0.15, 0.2) is 11.9 Å². The highest BCUT2D eigenvalue weighted by molar-refractivity contribution is 7.92. The maximum absolute atomic E-state index is 13.8. The number of ether oxygens (including phenoxy) is 1. The van der Waals surface area contributed by atoms with E-state index in [2.05, 4.69) is 19.6 Å². The van der Waals surface area contributed by atoms with Gasteiger partial charge in [-0.3, -0.25) is 4.79 Å². The Morgan fingerprint density at radius 3 is 2.68 bits per heavy atom. The number of aliphatic hydroxyl groups excluding tert-OH is 1. The van der Waals surface area contributed by atoms with E-state index in [0.29, 0.717) is 34.4 Å². The molecule has 10 heteroatoms. The molecule has 0 saturated carbocycles. The number of carbonyl (C=O) groups excluding carboxylic acids is 1. The Labute approximate surface area is 179 Å². The Morgan fingerprint density at radius 1 is 1.29 bits per heavy atom. The normalized spacial score (nSPS) is 13.5. The van der Waals surface area contributed by atoms with Gasteiger partial charge in [-0.05, 0) is 43.7 Å². The number of halogens is 1. The number of aliphatic hydroxyl groups is 1. The summed E-state index contributed by atoms with van der Waals surface area (Å²) < 4.78 is 35.7. The fourth-order valence-electron chi connectivity index (χ4n) is 2.93. The first-order valence-corrected chi connectivity index (χ1v) is 11.6. The topological polar surface area (TPSA) is 114 Å². The average Bonchev–Trinajstić information content (AvgIpc) is 2.68. The maximum Gasteiger partial charge on any atom is 0.184 e. The lowest BCUT2D eigenvalue weighted by Gasteiger charge is -2.24. The van der Waals surface area contributed by atoms with Crippen molar-refractivity contribution in [3.63, 3.8) is 0 Å². The first-order chi connectivity index (χ1) is 14.5. The van der Waals surface area contributed by atoms with Crippen molar-refractivity contribution in [2.75, 3.05) is 24.4 Å². The molecule has 1 heterocycles. The number of anilines is 2. The second kappa shape index (κ2) is 8.56. The van der Waals surface area contributed by atoms with E-state index in [1.165, 1.54) is 25.4 Å². The number of hydrogen-bond donors (Lipinski definition) is 2. The van der Waals surface area contributed by atoms with E-state index < -0.39 is 27.8 Å². The van der Waals surface area contributed by atoms with E-state index >= 15 is 0 Å². The van der Waals surface area contributed by atoms with Crippen LogP contribution in [0.4, 0.5) is 21.6 Å². The number of carbonyl (C=O) groups is 1. The molecule has 0 aliphatic carbocycles. The fourth-order valence-corrected chi connectivity index (χ4v) is 3.54. The molecule has 2 N–H and O–H groups in total. The lowest BCUT2D eigenvalue weighted by Crippen LogP contribution is -2.38. The highest BCUT2D eigenvalue weighted by atomic mass is 32.2. The van der Waals surface area contributed by atoms with Gasteiger partial charge in [0.05, 0.1) is 23.5 Å². The zero-order valence-electron chi connectivity index (χ0n) is 17.5. The molecule has 0 spiro atoms. The molecular weight excluding hydrogens is 423 g/mol. The summed E-state index contributed by atoms with van der Waals surface area (Å²) in [7, 11) is -2.34.